The van der Waals surface area contributed by atoms with E-state index in [-0.39, 0.29) is 23.5 Å². The maximum Gasteiger partial charge on any atom is 0.233 e. The maximum absolute atomic E-state index is 13.3. The number of amides is 1. The zero-order valence-electron chi connectivity index (χ0n) is 13.5. The van der Waals surface area contributed by atoms with Crippen molar-refractivity contribution in [2.24, 2.45) is 0 Å². The van der Waals surface area contributed by atoms with E-state index in [1.165, 1.54) is 35.0 Å². The van der Waals surface area contributed by atoms with Crippen molar-refractivity contribution in [3.63, 3.8) is 0 Å². The molecule has 128 valence electrons. The molecule has 1 aromatic heterocycles. The smallest absolute Gasteiger partial charge is 0.233 e. The van der Waals surface area contributed by atoms with Crippen molar-refractivity contribution in [2.75, 3.05) is 18.1 Å². The molecular formula is C16H20FN5OS. The van der Waals surface area contributed by atoms with E-state index in [0.717, 1.165) is 19.4 Å². The molecule has 3 rings (SSSR count). The van der Waals surface area contributed by atoms with E-state index in [1.807, 2.05) is 4.90 Å². The molecule has 1 fully saturated rings. The lowest BCUT2D eigenvalue weighted by molar-refractivity contribution is -0.131. The summed E-state index contributed by atoms with van der Waals surface area (Å²) >= 11 is 1.25. The molecule has 1 saturated heterocycles. The van der Waals surface area contributed by atoms with Gasteiger partial charge in [-0.3, -0.25) is 4.79 Å². The molecule has 6 nitrogen and oxygen atoms in total. The number of nitrogens with zero attached hydrogens (tertiary/aromatic N) is 4. The molecule has 1 amide bonds. The Kier molecular flexibility index (Phi) is 5.03. The van der Waals surface area contributed by atoms with E-state index >= 15 is 0 Å². The number of piperidine rings is 1. The van der Waals surface area contributed by atoms with Gasteiger partial charge in [0.05, 0.1) is 5.75 Å². The van der Waals surface area contributed by atoms with Crippen LogP contribution in [0.5, 0.6) is 0 Å². The van der Waals surface area contributed by atoms with E-state index < -0.39 is 0 Å². The molecule has 24 heavy (non-hydrogen) atoms. The normalized spacial score (nSPS) is 17.9. The average Bonchev–Trinajstić information content (AvgIpc) is 2.94. The SMILES string of the molecule is C[C@H]1CCCCN1C(=O)CSc1nnc(-c2cccc(F)c2)n1N. The van der Waals surface area contributed by atoms with E-state index in [2.05, 4.69) is 17.1 Å². The number of benzene rings is 1. The van der Waals surface area contributed by atoms with Crippen LogP contribution in [0.2, 0.25) is 0 Å². The number of thioether (sulfide) groups is 1. The molecule has 0 spiro atoms. The second kappa shape index (κ2) is 7.21. The fourth-order valence-corrected chi connectivity index (χ4v) is 3.62. The standard InChI is InChI=1S/C16H20FN5OS/c1-11-5-2-3-8-21(11)14(23)10-24-16-20-19-15(22(16)18)12-6-4-7-13(17)9-12/h4,6-7,9,11H,2-3,5,8,10,18H2,1H3/t11-/m0/s1. The number of carbonyl (C=O) groups is 1. The Morgan fingerprint density at radius 1 is 1.42 bits per heavy atom. The van der Waals surface area contributed by atoms with Crippen LogP contribution >= 0.6 is 11.8 Å². The molecule has 1 aliphatic rings. The number of nitrogens with two attached hydrogens (primary N) is 1. The summed E-state index contributed by atoms with van der Waals surface area (Å²) < 4.78 is 14.6. The van der Waals surface area contributed by atoms with Gasteiger partial charge in [-0.05, 0) is 38.3 Å². The van der Waals surface area contributed by atoms with Crippen LogP contribution in [0.15, 0.2) is 29.4 Å². The van der Waals surface area contributed by atoms with E-state index in [9.17, 15) is 9.18 Å². The number of aromatic nitrogens is 3. The summed E-state index contributed by atoms with van der Waals surface area (Å²) in [7, 11) is 0. The third-order valence-electron chi connectivity index (χ3n) is 4.20. The summed E-state index contributed by atoms with van der Waals surface area (Å²) in [5, 5.41) is 8.46. The van der Waals surface area contributed by atoms with Gasteiger partial charge in [-0.15, -0.1) is 10.2 Å². The number of rotatable bonds is 4. The van der Waals surface area contributed by atoms with Gasteiger partial charge in [-0.2, -0.15) is 0 Å². The lowest BCUT2D eigenvalue weighted by Gasteiger charge is -2.33. The van der Waals surface area contributed by atoms with E-state index in [0.29, 0.717) is 16.5 Å². The molecule has 2 heterocycles. The fourth-order valence-electron chi connectivity index (χ4n) is 2.88. The quantitative estimate of drug-likeness (QED) is 0.677. The third-order valence-corrected chi connectivity index (χ3v) is 5.12. The predicted octanol–water partition coefficient (Wildman–Crippen LogP) is 2.29. The minimum Gasteiger partial charge on any atom is -0.339 e. The van der Waals surface area contributed by atoms with Gasteiger partial charge >= 0.3 is 0 Å². The van der Waals surface area contributed by atoms with Crippen molar-refractivity contribution in [1.29, 1.82) is 0 Å². The highest BCUT2D eigenvalue weighted by Crippen LogP contribution is 2.23. The average molecular weight is 349 g/mol. The summed E-state index contributed by atoms with van der Waals surface area (Å²) in [6, 6.07) is 6.29. The zero-order valence-corrected chi connectivity index (χ0v) is 14.3. The molecule has 1 atom stereocenters. The van der Waals surface area contributed by atoms with Crippen LogP contribution in [0, 0.1) is 5.82 Å². The summed E-state index contributed by atoms with van der Waals surface area (Å²) in [4.78, 5) is 14.3. The van der Waals surface area contributed by atoms with Crippen molar-refractivity contribution in [3.8, 4) is 11.4 Å². The van der Waals surface area contributed by atoms with Crippen LogP contribution in [0.3, 0.4) is 0 Å². The summed E-state index contributed by atoms with van der Waals surface area (Å²) in [5.74, 6) is 6.36. The molecule has 2 aromatic rings. The molecule has 8 heteroatoms. The molecule has 1 aliphatic heterocycles. The lowest BCUT2D eigenvalue weighted by Crippen LogP contribution is -2.43. The minimum atomic E-state index is -0.362. The van der Waals surface area contributed by atoms with Gasteiger partial charge in [-0.25, -0.2) is 9.07 Å². The second-order valence-electron chi connectivity index (χ2n) is 5.91. The van der Waals surface area contributed by atoms with Crippen molar-refractivity contribution >= 4 is 17.7 Å². The van der Waals surface area contributed by atoms with Gasteiger partial charge in [0, 0.05) is 18.2 Å². The summed E-state index contributed by atoms with van der Waals surface area (Å²) in [6.45, 7) is 2.89. The number of hydrogen-bond acceptors (Lipinski definition) is 5. The van der Waals surface area contributed by atoms with Gasteiger partial charge in [0.2, 0.25) is 11.1 Å². The third kappa shape index (κ3) is 3.53. The Morgan fingerprint density at radius 2 is 2.25 bits per heavy atom. The molecule has 0 radical (unpaired) electrons. The number of likely N-dealkylation sites (tertiary alicyclic amines) is 1. The van der Waals surface area contributed by atoms with Gasteiger partial charge in [-0.1, -0.05) is 23.9 Å². The molecule has 0 bridgehead atoms. The first-order chi connectivity index (χ1) is 11.6. The zero-order chi connectivity index (χ0) is 17.1. The summed E-state index contributed by atoms with van der Waals surface area (Å²) in [6.07, 6.45) is 3.27. The second-order valence-corrected chi connectivity index (χ2v) is 6.85. The molecule has 1 aromatic carbocycles. The Bertz CT molecular complexity index is 735. The molecular weight excluding hydrogens is 329 g/mol. The molecule has 0 aliphatic carbocycles. The van der Waals surface area contributed by atoms with Gasteiger partial charge in [0.25, 0.3) is 0 Å². The topological polar surface area (TPSA) is 77.0 Å². The first-order valence-electron chi connectivity index (χ1n) is 7.95. The van der Waals surface area contributed by atoms with Crippen LogP contribution in [-0.4, -0.2) is 44.0 Å². The Hall–Kier alpha value is -2.09. The Balaban J connectivity index is 1.67. The van der Waals surface area contributed by atoms with Crippen molar-refractivity contribution in [2.45, 2.75) is 37.4 Å². The van der Waals surface area contributed by atoms with E-state index in [4.69, 9.17) is 5.84 Å². The minimum absolute atomic E-state index is 0.0857. The highest BCUT2D eigenvalue weighted by atomic mass is 32.2. The summed E-state index contributed by atoms with van der Waals surface area (Å²) in [5.41, 5.74) is 0.549. The fraction of sp³-hybridized carbons (Fsp3) is 0.438. The first kappa shape index (κ1) is 16.8. The Morgan fingerprint density at radius 3 is 3.00 bits per heavy atom. The largest absolute Gasteiger partial charge is 0.339 e. The maximum atomic E-state index is 13.3. The van der Waals surface area contributed by atoms with Crippen LogP contribution in [-0.2, 0) is 4.79 Å². The van der Waals surface area contributed by atoms with E-state index in [1.54, 1.807) is 12.1 Å². The highest BCUT2D eigenvalue weighted by molar-refractivity contribution is 7.99. The number of carbonyl (C=O) groups excluding carboxylic acids is 1. The number of nitrogen functional groups attached to an aromatic ring is 1. The van der Waals surface area contributed by atoms with Crippen molar-refractivity contribution in [3.05, 3.63) is 30.1 Å². The van der Waals surface area contributed by atoms with Gasteiger partial charge in [0.1, 0.15) is 5.82 Å². The highest BCUT2D eigenvalue weighted by Gasteiger charge is 2.24. The van der Waals surface area contributed by atoms with Gasteiger partial charge in [0.15, 0.2) is 5.82 Å². The van der Waals surface area contributed by atoms with Crippen LogP contribution < -0.4 is 5.84 Å². The molecule has 2 N–H and O–H groups in total. The van der Waals surface area contributed by atoms with Crippen LogP contribution in [0.25, 0.3) is 11.4 Å². The lowest BCUT2D eigenvalue weighted by atomic mass is 10.0. The van der Waals surface area contributed by atoms with Crippen molar-refractivity contribution in [1.82, 2.24) is 19.8 Å². The van der Waals surface area contributed by atoms with Crippen LogP contribution in [0.1, 0.15) is 26.2 Å². The van der Waals surface area contributed by atoms with Crippen LogP contribution in [0.4, 0.5) is 4.39 Å². The Labute approximate surface area is 144 Å². The molecule has 0 unspecified atom stereocenters. The van der Waals surface area contributed by atoms with Crippen molar-refractivity contribution < 1.29 is 9.18 Å². The number of hydrogen-bond donors (Lipinski definition) is 1. The first-order valence-corrected chi connectivity index (χ1v) is 8.93. The van der Waals surface area contributed by atoms with Gasteiger partial charge < -0.3 is 10.7 Å². The monoisotopic (exact) mass is 349 g/mol. The predicted molar refractivity (Wildman–Crippen MR) is 91.3 cm³/mol. The molecule has 0 saturated carbocycles. The number of halogens is 1.